The van der Waals surface area contributed by atoms with Gasteiger partial charge in [0.25, 0.3) is 0 Å². The van der Waals surface area contributed by atoms with Crippen LogP contribution in [-0.2, 0) is 11.3 Å². The first-order valence-corrected chi connectivity index (χ1v) is 13.3. The van der Waals surface area contributed by atoms with Gasteiger partial charge in [0.2, 0.25) is 0 Å². The molecule has 33 heavy (non-hydrogen) atoms. The average molecular weight is 454 g/mol. The second-order valence-electron chi connectivity index (χ2n) is 13.0. The van der Waals surface area contributed by atoms with E-state index in [2.05, 4.69) is 31.9 Å². The van der Waals surface area contributed by atoms with Gasteiger partial charge in [0.05, 0.1) is 24.0 Å². The first-order chi connectivity index (χ1) is 15.7. The van der Waals surface area contributed by atoms with Gasteiger partial charge in [0.15, 0.2) is 0 Å². The van der Waals surface area contributed by atoms with Crippen LogP contribution in [0.3, 0.4) is 0 Å². The van der Waals surface area contributed by atoms with Crippen LogP contribution >= 0.6 is 0 Å². The molecule has 0 saturated heterocycles. The number of rotatable bonds is 5. The highest BCUT2D eigenvalue weighted by Gasteiger charge is 2.60. The van der Waals surface area contributed by atoms with Crippen molar-refractivity contribution in [2.75, 3.05) is 13.7 Å². The Hall–Kier alpha value is -1.38. The minimum absolute atomic E-state index is 0.160. The smallest absolute Gasteiger partial charge is 0.102 e. The third-order valence-electron chi connectivity index (χ3n) is 10.8. The van der Waals surface area contributed by atoms with Crippen LogP contribution in [0, 0.1) is 57.7 Å². The Labute approximate surface area is 199 Å². The van der Waals surface area contributed by atoms with Gasteiger partial charge >= 0.3 is 0 Å². The highest BCUT2D eigenvalue weighted by atomic mass is 16.5. The molecule has 0 amide bonds. The van der Waals surface area contributed by atoms with Crippen molar-refractivity contribution in [2.24, 2.45) is 46.3 Å². The Balaban J connectivity index is 1.31. The van der Waals surface area contributed by atoms with E-state index in [1.54, 1.807) is 13.3 Å². The Kier molecular flexibility index (Phi) is 5.93. The summed E-state index contributed by atoms with van der Waals surface area (Å²) in [4.78, 5) is 0. The summed E-state index contributed by atoms with van der Waals surface area (Å²) in [6.07, 6.45) is 14.7. The molecule has 5 rings (SSSR count). The van der Waals surface area contributed by atoms with Gasteiger partial charge in [-0.1, -0.05) is 20.8 Å². The second kappa shape index (κ2) is 8.38. The molecule has 0 spiro atoms. The number of hydrogen-bond donors (Lipinski definition) is 1. The molecule has 0 aliphatic heterocycles. The Bertz CT molecular complexity index is 903. The summed E-state index contributed by atoms with van der Waals surface area (Å²) in [5.74, 6) is 4.77. The fourth-order valence-corrected chi connectivity index (χ4v) is 9.68. The lowest BCUT2D eigenvalue weighted by molar-refractivity contribution is -0.128. The zero-order valence-electron chi connectivity index (χ0n) is 21.1. The van der Waals surface area contributed by atoms with Gasteiger partial charge in [-0.15, -0.1) is 0 Å². The van der Waals surface area contributed by atoms with Crippen molar-refractivity contribution < 1.29 is 9.84 Å². The molecule has 4 fully saturated rings. The Morgan fingerprint density at radius 2 is 1.94 bits per heavy atom. The number of aliphatic hydroxyl groups is 1. The monoisotopic (exact) mass is 453 g/mol. The quantitative estimate of drug-likeness (QED) is 0.645. The number of hydrogen-bond acceptors (Lipinski definition) is 4. The lowest BCUT2D eigenvalue weighted by Gasteiger charge is -2.58. The molecular formula is C28H43N3O2. The van der Waals surface area contributed by atoms with Crippen LogP contribution in [-0.4, -0.2) is 34.2 Å². The molecule has 5 heteroatoms. The molecule has 1 heterocycles. The van der Waals surface area contributed by atoms with Crippen LogP contribution in [0.4, 0.5) is 0 Å². The molecule has 0 bridgehead atoms. The molecule has 0 aromatic carbocycles. The number of nitrogens with zero attached hydrogens (tertiary/aromatic N) is 3. The van der Waals surface area contributed by atoms with Crippen LogP contribution < -0.4 is 0 Å². The number of aromatic nitrogens is 2. The highest BCUT2D eigenvalue weighted by Crippen LogP contribution is 2.67. The van der Waals surface area contributed by atoms with Gasteiger partial charge in [0.1, 0.15) is 6.07 Å². The molecule has 1 aromatic rings. The van der Waals surface area contributed by atoms with Crippen molar-refractivity contribution in [3.8, 4) is 6.07 Å². The molecule has 8 atom stereocenters. The number of methoxy groups -OCH3 is 1. The maximum atomic E-state index is 11.0. The minimum Gasteiger partial charge on any atom is -0.387 e. The molecule has 182 valence electrons. The summed E-state index contributed by atoms with van der Waals surface area (Å²) in [6, 6.07) is 2.22. The lowest BCUT2D eigenvalue weighted by Crippen LogP contribution is -2.52. The van der Waals surface area contributed by atoms with E-state index in [0.717, 1.165) is 43.1 Å². The maximum absolute atomic E-state index is 11.0. The van der Waals surface area contributed by atoms with Crippen LogP contribution in [0.2, 0.25) is 0 Å². The van der Waals surface area contributed by atoms with E-state index >= 15 is 0 Å². The van der Waals surface area contributed by atoms with Crippen molar-refractivity contribution in [3.63, 3.8) is 0 Å². The summed E-state index contributed by atoms with van der Waals surface area (Å²) < 4.78 is 7.36. The fraction of sp³-hybridized carbons (Fsp3) is 0.857. The van der Waals surface area contributed by atoms with Crippen molar-refractivity contribution >= 4 is 0 Å². The van der Waals surface area contributed by atoms with Crippen molar-refractivity contribution in [1.82, 2.24) is 9.78 Å². The van der Waals surface area contributed by atoms with Crippen LogP contribution in [0.15, 0.2) is 12.4 Å². The van der Waals surface area contributed by atoms with E-state index in [4.69, 9.17) is 4.74 Å². The van der Waals surface area contributed by atoms with Gasteiger partial charge in [-0.05, 0) is 104 Å². The van der Waals surface area contributed by atoms with Gasteiger partial charge < -0.3 is 9.84 Å². The van der Waals surface area contributed by atoms with Gasteiger partial charge in [-0.2, -0.15) is 10.4 Å². The third kappa shape index (κ3) is 3.96. The first-order valence-electron chi connectivity index (χ1n) is 13.3. The SMILES string of the molecule is COC[C@@]1(O)CC[C@H]2[C@H](CC[C@@H]3[C@@H]2CC[C@]2(C)[C@@H](C(C)(C)Cn4cc(C#N)cn4)CC[C@@H]32)C1. The first kappa shape index (κ1) is 23.4. The Morgan fingerprint density at radius 1 is 1.15 bits per heavy atom. The van der Waals surface area contributed by atoms with Crippen LogP contribution in [0.5, 0.6) is 0 Å². The molecule has 4 aliphatic rings. The largest absolute Gasteiger partial charge is 0.387 e. The normalized spacial score (nSPS) is 42.8. The number of fused-ring (bicyclic) bond motifs is 5. The zero-order chi connectivity index (χ0) is 23.4. The van der Waals surface area contributed by atoms with Crippen LogP contribution in [0.1, 0.15) is 84.1 Å². The fourth-order valence-electron chi connectivity index (χ4n) is 9.68. The summed E-state index contributed by atoms with van der Waals surface area (Å²) in [5, 5.41) is 24.7. The molecule has 1 aromatic heterocycles. The van der Waals surface area contributed by atoms with Gasteiger partial charge in [0, 0.05) is 19.9 Å². The minimum atomic E-state index is -0.591. The summed E-state index contributed by atoms with van der Waals surface area (Å²) in [5.41, 5.74) is 0.636. The average Bonchev–Trinajstić information content (AvgIpc) is 3.36. The Morgan fingerprint density at radius 3 is 2.67 bits per heavy atom. The predicted octanol–water partition coefficient (Wildman–Crippen LogP) is 5.43. The lowest BCUT2D eigenvalue weighted by atomic mass is 9.47. The number of nitriles is 1. The molecule has 4 aliphatic carbocycles. The van der Waals surface area contributed by atoms with Crippen molar-refractivity contribution in [2.45, 2.75) is 90.7 Å². The van der Waals surface area contributed by atoms with E-state index in [0.29, 0.717) is 29.4 Å². The highest BCUT2D eigenvalue weighted by molar-refractivity contribution is 5.21. The second-order valence-corrected chi connectivity index (χ2v) is 13.0. The maximum Gasteiger partial charge on any atom is 0.102 e. The molecular weight excluding hydrogens is 410 g/mol. The van der Waals surface area contributed by atoms with E-state index in [1.807, 2.05) is 10.9 Å². The molecule has 0 radical (unpaired) electrons. The molecule has 4 saturated carbocycles. The van der Waals surface area contributed by atoms with Crippen LogP contribution in [0.25, 0.3) is 0 Å². The predicted molar refractivity (Wildman–Crippen MR) is 128 cm³/mol. The zero-order valence-corrected chi connectivity index (χ0v) is 21.1. The van der Waals surface area contributed by atoms with Gasteiger partial charge in [-0.3, -0.25) is 4.68 Å². The number of ether oxygens (including phenoxy) is 1. The van der Waals surface area contributed by atoms with E-state index in [-0.39, 0.29) is 5.41 Å². The van der Waals surface area contributed by atoms with E-state index in [1.165, 1.54) is 44.9 Å². The molecule has 1 N–H and O–H groups in total. The summed E-state index contributed by atoms with van der Waals surface area (Å²) >= 11 is 0. The van der Waals surface area contributed by atoms with Crippen molar-refractivity contribution in [1.29, 1.82) is 5.26 Å². The van der Waals surface area contributed by atoms with Crippen molar-refractivity contribution in [3.05, 3.63) is 18.0 Å². The van der Waals surface area contributed by atoms with E-state index in [9.17, 15) is 10.4 Å². The summed E-state index contributed by atoms with van der Waals surface area (Å²) in [7, 11) is 1.72. The van der Waals surface area contributed by atoms with Gasteiger partial charge in [-0.25, -0.2) is 0 Å². The molecule has 0 unspecified atom stereocenters. The molecule has 5 nitrogen and oxygen atoms in total. The third-order valence-corrected chi connectivity index (χ3v) is 10.8. The topological polar surface area (TPSA) is 71.1 Å². The standard InChI is InChI=1S/C28H43N3O2/c1-26(2,17-31-16-19(14-29)15-30-31)25-8-7-24-23-6-5-20-13-28(32,18-33-4)12-10-21(20)22(23)9-11-27(24,25)3/h15-16,20-25,32H,5-13,17-18H2,1-4H3/t20-,21+,22-,23-,24+,25-,27+,28-/m1/s1. The summed E-state index contributed by atoms with van der Waals surface area (Å²) in [6.45, 7) is 8.85. The van der Waals surface area contributed by atoms with E-state index < -0.39 is 5.60 Å².